The minimum Gasteiger partial charge on any atom is -0.384 e. The van der Waals surface area contributed by atoms with E-state index in [0.29, 0.717) is 25.4 Å². The van der Waals surface area contributed by atoms with Crippen LogP contribution in [-0.4, -0.2) is 29.5 Å². The quantitative estimate of drug-likeness (QED) is 0.852. The predicted molar refractivity (Wildman–Crippen MR) is 90.8 cm³/mol. The Labute approximate surface area is 140 Å². The van der Waals surface area contributed by atoms with Gasteiger partial charge in [-0.2, -0.15) is 5.10 Å². The molecule has 0 aliphatic rings. The van der Waals surface area contributed by atoms with E-state index < -0.39 is 0 Å². The van der Waals surface area contributed by atoms with Gasteiger partial charge in [-0.1, -0.05) is 23.7 Å². The second kappa shape index (κ2) is 7.99. The third-order valence-electron chi connectivity index (χ3n) is 3.41. The number of aromatic nitrogens is 2. The maximum absolute atomic E-state index is 12.0. The second-order valence-corrected chi connectivity index (χ2v) is 5.69. The van der Waals surface area contributed by atoms with Gasteiger partial charge in [-0.3, -0.25) is 10.00 Å². The number of hydrogen-bond acceptors (Lipinski definition) is 3. The third-order valence-corrected chi connectivity index (χ3v) is 3.83. The number of aryl methyl sites for hydroxylation is 2. The first kappa shape index (κ1) is 17.3. The van der Waals surface area contributed by atoms with Gasteiger partial charge in [-0.25, -0.2) is 4.79 Å². The molecule has 0 aliphatic heterocycles. The summed E-state index contributed by atoms with van der Waals surface area (Å²) < 4.78 is 6.66. The summed E-state index contributed by atoms with van der Waals surface area (Å²) in [4.78, 5) is 12.0. The van der Waals surface area contributed by atoms with Crippen molar-refractivity contribution in [1.82, 2.24) is 15.1 Å². The van der Waals surface area contributed by atoms with E-state index in [4.69, 9.17) is 16.3 Å². The smallest absolute Gasteiger partial charge is 0.320 e. The van der Waals surface area contributed by atoms with Crippen molar-refractivity contribution < 1.29 is 9.53 Å². The average molecular weight is 337 g/mol. The highest BCUT2D eigenvalue weighted by Crippen LogP contribution is 2.16. The zero-order valence-corrected chi connectivity index (χ0v) is 14.3. The van der Waals surface area contributed by atoms with Gasteiger partial charge in [-0.15, -0.1) is 0 Å². The molecule has 23 heavy (non-hydrogen) atoms. The molecule has 0 bridgehead atoms. The Morgan fingerprint density at radius 1 is 1.39 bits per heavy atom. The van der Waals surface area contributed by atoms with Crippen molar-refractivity contribution in [2.24, 2.45) is 7.05 Å². The minimum atomic E-state index is -0.279. The first-order valence-electron chi connectivity index (χ1n) is 7.31. The number of amides is 2. The summed E-state index contributed by atoms with van der Waals surface area (Å²) in [5.41, 5.74) is 2.85. The first-order chi connectivity index (χ1) is 11.0. The van der Waals surface area contributed by atoms with E-state index in [9.17, 15) is 4.79 Å². The summed E-state index contributed by atoms with van der Waals surface area (Å²) in [7, 11) is 3.43. The van der Waals surface area contributed by atoms with Crippen molar-refractivity contribution in [2.75, 3.05) is 19.0 Å². The van der Waals surface area contributed by atoms with Crippen LogP contribution in [-0.2, 0) is 24.8 Å². The van der Waals surface area contributed by atoms with E-state index in [1.165, 1.54) is 0 Å². The van der Waals surface area contributed by atoms with Gasteiger partial charge in [0.25, 0.3) is 0 Å². The molecule has 0 fully saturated rings. The summed E-state index contributed by atoms with van der Waals surface area (Å²) in [5, 5.41) is 10.6. The van der Waals surface area contributed by atoms with E-state index in [0.717, 1.165) is 21.8 Å². The summed E-state index contributed by atoms with van der Waals surface area (Å²) in [6.45, 7) is 2.96. The molecular weight excluding hydrogens is 316 g/mol. The first-order valence-corrected chi connectivity index (χ1v) is 7.69. The number of nitrogens with zero attached hydrogens (tertiary/aromatic N) is 2. The number of anilines is 1. The van der Waals surface area contributed by atoms with Gasteiger partial charge in [0.2, 0.25) is 0 Å². The van der Waals surface area contributed by atoms with Crippen molar-refractivity contribution >= 4 is 23.4 Å². The Hall–Kier alpha value is -2.05. The molecule has 6 nitrogen and oxygen atoms in total. The molecule has 0 spiro atoms. The number of halogens is 1. The normalized spacial score (nSPS) is 10.6. The largest absolute Gasteiger partial charge is 0.384 e. The summed E-state index contributed by atoms with van der Waals surface area (Å²) in [5.74, 6) is 0.640. The van der Waals surface area contributed by atoms with E-state index in [2.05, 4.69) is 15.7 Å². The standard InChI is InChI=1S/C16H21ClN4O2/c1-11-8-12(4-5-14(11)17)10-18-16(22)19-15-9-13(6-7-23-3)20-21(15)2/h4-5,8-9H,6-7,10H2,1-3H3,(H2,18,19,22). The zero-order valence-electron chi connectivity index (χ0n) is 13.5. The van der Waals surface area contributed by atoms with Gasteiger partial charge in [0.05, 0.1) is 12.3 Å². The Kier molecular flexibility index (Phi) is 6.01. The van der Waals surface area contributed by atoms with Crippen molar-refractivity contribution in [1.29, 1.82) is 0 Å². The molecule has 2 aromatic rings. The van der Waals surface area contributed by atoms with Gasteiger partial charge in [-0.05, 0) is 24.1 Å². The fraction of sp³-hybridized carbons (Fsp3) is 0.375. The average Bonchev–Trinajstić information content (AvgIpc) is 2.86. The Balaban J connectivity index is 1.89. The fourth-order valence-corrected chi connectivity index (χ4v) is 2.25. The van der Waals surface area contributed by atoms with Crippen LogP contribution in [0.5, 0.6) is 0 Å². The Morgan fingerprint density at radius 2 is 2.17 bits per heavy atom. The number of benzene rings is 1. The molecule has 2 N–H and O–H groups in total. The topological polar surface area (TPSA) is 68.2 Å². The highest BCUT2D eigenvalue weighted by atomic mass is 35.5. The Bertz CT molecular complexity index is 685. The lowest BCUT2D eigenvalue weighted by atomic mass is 10.1. The van der Waals surface area contributed by atoms with Crippen LogP contribution in [0.1, 0.15) is 16.8 Å². The highest BCUT2D eigenvalue weighted by Gasteiger charge is 2.08. The number of ether oxygens (including phenoxy) is 1. The molecule has 2 rings (SSSR count). The number of nitrogens with one attached hydrogen (secondary N) is 2. The number of urea groups is 1. The van der Waals surface area contributed by atoms with Crippen LogP contribution in [0, 0.1) is 6.92 Å². The molecule has 0 saturated carbocycles. The van der Waals surface area contributed by atoms with Gasteiger partial charge in [0.1, 0.15) is 5.82 Å². The van der Waals surface area contributed by atoms with Gasteiger partial charge < -0.3 is 10.1 Å². The number of hydrogen-bond donors (Lipinski definition) is 2. The zero-order chi connectivity index (χ0) is 16.8. The fourth-order valence-electron chi connectivity index (χ4n) is 2.13. The SMILES string of the molecule is COCCc1cc(NC(=O)NCc2ccc(Cl)c(C)c2)n(C)n1. The Morgan fingerprint density at radius 3 is 2.87 bits per heavy atom. The van der Waals surface area contributed by atoms with Crippen LogP contribution in [0.3, 0.4) is 0 Å². The molecular formula is C16H21ClN4O2. The van der Waals surface area contributed by atoms with Crippen LogP contribution in [0.2, 0.25) is 5.02 Å². The van der Waals surface area contributed by atoms with Gasteiger partial charge in [0.15, 0.2) is 0 Å². The van der Waals surface area contributed by atoms with Crippen molar-refractivity contribution in [2.45, 2.75) is 19.9 Å². The number of rotatable bonds is 6. The van der Waals surface area contributed by atoms with Crippen LogP contribution in [0.15, 0.2) is 24.3 Å². The monoisotopic (exact) mass is 336 g/mol. The minimum absolute atomic E-state index is 0.279. The van der Waals surface area contributed by atoms with Crippen LogP contribution < -0.4 is 10.6 Å². The van der Waals surface area contributed by atoms with Crippen LogP contribution in [0.25, 0.3) is 0 Å². The molecule has 0 saturated heterocycles. The van der Waals surface area contributed by atoms with Crippen molar-refractivity contribution in [3.05, 3.63) is 46.1 Å². The molecule has 124 valence electrons. The lowest BCUT2D eigenvalue weighted by molar-refractivity contribution is 0.201. The number of carbonyl (C=O) groups is 1. The summed E-state index contributed by atoms with van der Waals surface area (Å²) in [6, 6.07) is 7.23. The molecule has 0 unspecified atom stereocenters. The van der Waals surface area contributed by atoms with E-state index >= 15 is 0 Å². The molecule has 0 atom stereocenters. The van der Waals surface area contributed by atoms with Gasteiger partial charge in [0, 0.05) is 38.2 Å². The molecule has 1 heterocycles. The van der Waals surface area contributed by atoms with E-state index in [1.807, 2.05) is 31.2 Å². The second-order valence-electron chi connectivity index (χ2n) is 5.28. The lowest BCUT2D eigenvalue weighted by Gasteiger charge is -2.08. The number of carbonyl (C=O) groups excluding carboxylic acids is 1. The predicted octanol–water partition coefficient (Wildman–Crippen LogP) is 2.89. The highest BCUT2D eigenvalue weighted by molar-refractivity contribution is 6.31. The third kappa shape index (κ3) is 4.97. The molecule has 1 aromatic heterocycles. The number of methoxy groups -OCH3 is 1. The molecule has 2 amide bonds. The van der Waals surface area contributed by atoms with E-state index in [1.54, 1.807) is 18.8 Å². The van der Waals surface area contributed by atoms with Gasteiger partial charge >= 0.3 is 6.03 Å². The lowest BCUT2D eigenvalue weighted by Crippen LogP contribution is -2.29. The maximum Gasteiger partial charge on any atom is 0.320 e. The molecule has 7 heteroatoms. The molecule has 0 radical (unpaired) electrons. The summed E-state index contributed by atoms with van der Waals surface area (Å²) >= 11 is 5.99. The van der Waals surface area contributed by atoms with E-state index in [-0.39, 0.29) is 6.03 Å². The van der Waals surface area contributed by atoms with Crippen molar-refractivity contribution in [3.8, 4) is 0 Å². The molecule has 1 aromatic carbocycles. The van der Waals surface area contributed by atoms with Crippen LogP contribution in [0.4, 0.5) is 10.6 Å². The summed E-state index contributed by atoms with van der Waals surface area (Å²) in [6.07, 6.45) is 0.706. The van der Waals surface area contributed by atoms with Crippen molar-refractivity contribution in [3.63, 3.8) is 0 Å². The van der Waals surface area contributed by atoms with Crippen LogP contribution >= 0.6 is 11.6 Å². The maximum atomic E-state index is 12.0. The molecule has 0 aliphatic carbocycles.